The highest BCUT2D eigenvalue weighted by atomic mass is 32.2. The topological polar surface area (TPSA) is 86.8 Å². The van der Waals surface area contributed by atoms with Gasteiger partial charge in [-0.05, 0) is 67.0 Å². The van der Waals surface area contributed by atoms with E-state index < -0.39 is 9.84 Å². The van der Waals surface area contributed by atoms with Crippen LogP contribution in [0.25, 0.3) is 0 Å². The maximum absolute atomic E-state index is 14.0. The van der Waals surface area contributed by atoms with Crippen molar-refractivity contribution in [1.29, 1.82) is 0 Å². The lowest BCUT2D eigenvalue weighted by Gasteiger charge is -2.38. The number of halogens is 1. The summed E-state index contributed by atoms with van der Waals surface area (Å²) in [5.74, 6) is -0.312. The van der Waals surface area contributed by atoms with E-state index in [-0.39, 0.29) is 46.4 Å². The summed E-state index contributed by atoms with van der Waals surface area (Å²) in [6.07, 6.45) is 4.18. The average Bonchev–Trinajstić information content (AvgIpc) is 2.86. The molecule has 0 spiro atoms. The van der Waals surface area contributed by atoms with Gasteiger partial charge in [0.2, 0.25) is 11.8 Å². The van der Waals surface area contributed by atoms with Crippen molar-refractivity contribution in [1.82, 2.24) is 15.1 Å². The van der Waals surface area contributed by atoms with Crippen LogP contribution in [-0.2, 0) is 25.8 Å². The van der Waals surface area contributed by atoms with E-state index in [2.05, 4.69) is 10.2 Å². The van der Waals surface area contributed by atoms with E-state index in [1.54, 1.807) is 30.3 Å². The van der Waals surface area contributed by atoms with Gasteiger partial charge in [-0.3, -0.25) is 9.59 Å². The van der Waals surface area contributed by atoms with Gasteiger partial charge in [0.1, 0.15) is 5.82 Å². The normalized spacial score (nSPS) is 15.9. The van der Waals surface area contributed by atoms with Gasteiger partial charge in [-0.1, -0.05) is 45.0 Å². The molecule has 40 heavy (non-hydrogen) atoms. The lowest BCUT2D eigenvalue weighted by molar-refractivity contribution is -0.133. The van der Waals surface area contributed by atoms with E-state index in [0.717, 1.165) is 43.6 Å². The van der Waals surface area contributed by atoms with Crippen LogP contribution in [0.4, 0.5) is 4.39 Å². The third kappa shape index (κ3) is 9.70. The van der Waals surface area contributed by atoms with Gasteiger partial charge in [-0.2, -0.15) is 0 Å². The number of rotatable bonds is 11. The Morgan fingerprint density at radius 1 is 1.10 bits per heavy atom. The van der Waals surface area contributed by atoms with Crippen molar-refractivity contribution < 1.29 is 22.4 Å². The van der Waals surface area contributed by atoms with Crippen molar-refractivity contribution >= 4 is 21.7 Å². The van der Waals surface area contributed by atoms with Crippen LogP contribution in [0.15, 0.2) is 53.4 Å². The molecule has 2 aromatic carbocycles. The lowest BCUT2D eigenvalue weighted by atomic mass is 9.91. The Balaban J connectivity index is 1.55. The van der Waals surface area contributed by atoms with Crippen LogP contribution in [0.2, 0.25) is 0 Å². The second kappa shape index (κ2) is 13.7. The van der Waals surface area contributed by atoms with Crippen molar-refractivity contribution in [2.75, 3.05) is 32.4 Å². The number of sulfone groups is 1. The summed E-state index contributed by atoms with van der Waals surface area (Å²) < 4.78 is 37.4. The number of hydrogen-bond donors (Lipinski definition) is 1. The number of benzene rings is 2. The highest BCUT2D eigenvalue weighted by Gasteiger charge is 2.28. The first-order valence-corrected chi connectivity index (χ1v) is 16.0. The summed E-state index contributed by atoms with van der Waals surface area (Å²) in [5.41, 5.74) is 1.43. The molecular formula is C31H44FN3O4S. The van der Waals surface area contributed by atoms with Crippen LogP contribution in [0.3, 0.4) is 0 Å². The number of carbonyl (C=O) groups is 2. The highest BCUT2D eigenvalue weighted by molar-refractivity contribution is 7.90. The van der Waals surface area contributed by atoms with Gasteiger partial charge < -0.3 is 15.1 Å². The number of nitrogens with one attached hydrogen (secondary N) is 1. The molecule has 0 radical (unpaired) electrons. The first-order chi connectivity index (χ1) is 18.7. The molecule has 1 heterocycles. The average molecular weight is 574 g/mol. The third-order valence-corrected chi connectivity index (χ3v) is 8.51. The molecule has 0 unspecified atom stereocenters. The Hall–Kier alpha value is -2.78. The predicted octanol–water partition coefficient (Wildman–Crippen LogP) is 4.77. The van der Waals surface area contributed by atoms with E-state index >= 15 is 0 Å². The number of amides is 2. The van der Waals surface area contributed by atoms with Crippen LogP contribution < -0.4 is 5.32 Å². The quantitative estimate of drug-likeness (QED) is 0.419. The number of likely N-dealkylation sites (N-methyl/N-ethyl adjacent to an activating group) is 1. The zero-order chi connectivity index (χ0) is 29.5. The first-order valence-electron chi connectivity index (χ1n) is 14.1. The fraction of sp³-hybridized carbons (Fsp3) is 0.548. The van der Waals surface area contributed by atoms with Crippen molar-refractivity contribution in [3.8, 4) is 0 Å². The summed E-state index contributed by atoms with van der Waals surface area (Å²) >= 11 is 0. The predicted molar refractivity (Wildman–Crippen MR) is 156 cm³/mol. The largest absolute Gasteiger partial charge is 0.349 e. The standard InChI is InChI=1S/C31H44FN3O4S/c1-6-35(30(37)20-23-10-12-27(13-11-23)40(5,38)39)26-14-17-34(18-15-26)19-16-28(24-8-7-9-25(32)21-24)33-29(36)22-31(2,3)4/h7-13,21,26,28H,6,14-20,22H2,1-5H3,(H,33,36)/t28-/m0/s1. The minimum absolute atomic E-state index is 0.0384. The molecule has 2 amide bonds. The third-order valence-electron chi connectivity index (χ3n) is 7.38. The maximum Gasteiger partial charge on any atom is 0.227 e. The van der Waals surface area contributed by atoms with Crippen molar-refractivity contribution in [3.63, 3.8) is 0 Å². The van der Waals surface area contributed by atoms with Gasteiger partial charge >= 0.3 is 0 Å². The molecule has 9 heteroatoms. The number of hydrogen-bond acceptors (Lipinski definition) is 5. The van der Waals surface area contributed by atoms with Crippen LogP contribution in [0.5, 0.6) is 0 Å². The Morgan fingerprint density at radius 3 is 2.30 bits per heavy atom. The molecule has 220 valence electrons. The van der Waals surface area contributed by atoms with Crippen LogP contribution in [-0.4, -0.2) is 68.5 Å². The molecule has 1 aliphatic heterocycles. The second-order valence-corrected chi connectivity index (χ2v) is 14.1. The molecular weight excluding hydrogens is 529 g/mol. The summed E-state index contributed by atoms with van der Waals surface area (Å²) in [6, 6.07) is 12.8. The molecule has 1 fully saturated rings. The molecule has 1 saturated heterocycles. The summed E-state index contributed by atoms with van der Waals surface area (Å²) in [7, 11) is -3.27. The Kier molecular flexibility index (Phi) is 10.9. The molecule has 0 bridgehead atoms. The molecule has 0 aromatic heterocycles. The van der Waals surface area contributed by atoms with E-state index in [4.69, 9.17) is 0 Å². The zero-order valence-electron chi connectivity index (χ0n) is 24.5. The van der Waals surface area contributed by atoms with Crippen LogP contribution in [0, 0.1) is 11.2 Å². The van der Waals surface area contributed by atoms with E-state index in [0.29, 0.717) is 19.4 Å². The van der Waals surface area contributed by atoms with Crippen LogP contribution in [0.1, 0.15) is 70.5 Å². The highest BCUT2D eigenvalue weighted by Crippen LogP contribution is 2.24. The molecule has 3 rings (SSSR count). The monoisotopic (exact) mass is 573 g/mol. The Morgan fingerprint density at radius 2 is 1.75 bits per heavy atom. The van der Waals surface area contributed by atoms with Crippen molar-refractivity contribution in [2.24, 2.45) is 5.41 Å². The molecule has 0 aliphatic carbocycles. The Bertz CT molecular complexity index is 1250. The van der Waals surface area contributed by atoms with Gasteiger partial charge in [0.25, 0.3) is 0 Å². The van der Waals surface area contributed by atoms with E-state index in [1.165, 1.54) is 18.4 Å². The molecule has 1 aliphatic rings. The number of likely N-dealkylation sites (tertiary alicyclic amines) is 1. The number of carbonyl (C=O) groups excluding carboxylic acids is 2. The molecule has 7 nitrogen and oxygen atoms in total. The maximum atomic E-state index is 14.0. The van der Waals surface area contributed by atoms with Crippen molar-refractivity contribution in [3.05, 3.63) is 65.5 Å². The number of piperidine rings is 1. The van der Waals surface area contributed by atoms with E-state index in [9.17, 15) is 22.4 Å². The van der Waals surface area contributed by atoms with Gasteiger partial charge in [0.15, 0.2) is 9.84 Å². The fourth-order valence-electron chi connectivity index (χ4n) is 5.31. The minimum atomic E-state index is -3.27. The lowest BCUT2D eigenvalue weighted by Crippen LogP contribution is -2.48. The number of nitrogens with zero attached hydrogens (tertiary/aromatic N) is 2. The fourth-order valence-corrected chi connectivity index (χ4v) is 5.94. The molecule has 0 saturated carbocycles. The molecule has 2 aromatic rings. The second-order valence-electron chi connectivity index (χ2n) is 12.0. The van der Waals surface area contributed by atoms with Crippen molar-refractivity contribution in [2.45, 2.75) is 76.8 Å². The zero-order valence-corrected chi connectivity index (χ0v) is 25.3. The van der Waals surface area contributed by atoms with E-state index in [1.807, 2.05) is 38.7 Å². The first kappa shape index (κ1) is 31.7. The Labute approximate surface area is 239 Å². The SMILES string of the molecule is CCN(C(=O)Cc1ccc(S(C)(=O)=O)cc1)C1CCN(CC[C@H](NC(=O)CC(C)(C)C)c2cccc(F)c2)CC1. The molecule has 1 N–H and O–H groups in total. The molecule has 1 atom stereocenters. The van der Waals surface area contributed by atoms with Gasteiger partial charge in [0, 0.05) is 44.9 Å². The van der Waals surface area contributed by atoms with Gasteiger partial charge in [-0.15, -0.1) is 0 Å². The summed E-state index contributed by atoms with van der Waals surface area (Å²) in [4.78, 5) is 30.4. The summed E-state index contributed by atoms with van der Waals surface area (Å²) in [5, 5.41) is 3.12. The smallest absolute Gasteiger partial charge is 0.227 e. The van der Waals surface area contributed by atoms with Gasteiger partial charge in [0.05, 0.1) is 17.4 Å². The van der Waals surface area contributed by atoms with Gasteiger partial charge in [-0.25, -0.2) is 12.8 Å². The van der Waals surface area contributed by atoms with Crippen LogP contribution >= 0.6 is 0 Å². The minimum Gasteiger partial charge on any atom is -0.349 e. The summed E-state index contributed by atoms with van der Waals surface area (Å²) in [6.45, 7) is 11.1.